The molecule has 9 radical (unpaired) electrons. The molecule has 0 aromatic carbocycles. The van der Waals surface area contributed by atoms with E-state index in [0.29, 0.717) is 0 Å². The van der Waals surface area contributed by atoms with Gasteiger partial charge in [0.2, 0.25) is 0 Å². The first-order chi connectivity index (χ1) is 0. The molecule has 5 heteroatoms. The van der Waals surface area contributed by atoms with Crippen LogP contribution in [0.4, 0.5) is 0 Å². The quantitative estimate of drug-likeness (QED) is 0.434. The molecule has 0 heterocycles. The molecule has 0 aliphatic carbocycles. The van der Waals surface area contributed by atoms with Crippen LogP contribution in [-0.4, -0.2) is 51.4 Å². The average Bonchev–Trinajstić information content (AvgIpc) is 0. The van der Waals surface area contributed by atoms with Crippen LogP contribution in [0, 0.1) is 0 Å². The zero-order valence-corrected chi connectivity index (χ0v) is 10.5. The summed E-state index contributed by atoms with van der Waals surface area (Å²) in [4.78, 5) is 0. The van der Waals surface area contributed by atoms with E-state index >= 15 is 0 Å². The van der Waals surface area contributed by atoms with Gasteiger partial charge in [-0.15, -0.1) is 0 Å². The van der Waals surface area contributed by atoms with Gasteiger partial charge in [-0.25, -0.2) is 0 Å². The molecule has 0 nitrogen and oxygen atoms in total. The molecular weight excluding hydrogens is 201 g/mol. The molecule has 0 saturated carbocycles. The van der Waals surface area contributed by atoms with Crippen LogP contribution in [-0.2, 0) is 36.5 Å². The summed E-state index contributed by atoms with van der Waals surface area (Å²) in [6, 6.07) is 0. The van der Waals surface area contributed by atoms with Crippen molar-refractivity contribution < 1.29 is 36.5 Å². The fourth-order valence-corrected chi connectivity index (χ4v) is 0. The van der Waals surface area contributed by atoms with Crippen molar-refractivity contribution >= 4 is 51.4 Å². The van der Waals surface area contributed by atoms with E-state index in [9.17, 15) is 0 Å². The van der Waals surface area contributed by atoms with Gasteiger partial charge in [-0.05, 0) is 0 Å². The third-order valence-electron chi connectivity index (χ3n) is 0. The predicted octanol–water partition coefficient (Wildman–Crippen LogP) is -1.15. The average molecular weight is 201 g/mol. The molecule has 0 spiro atoms. The monoisotopic (exact) mass is 199 g/mol. The Morgan fingerprint density at radius 3 is 1.00 bits per heavy atom. The molecule has 0 aromatic heterocycles. The van der Waals surface area contributed by atoms with Gasteiger partial charge in [-0.1, -0.05) is 0 Å². The van der Waals surface area contributed by atoms with E-state index in [1.807, 2.05) is 0 Å². The van der Waals surface area contributed by atoms with E-state index in [2.05, 4.69) is 0 Å². The van der Waals surface area contributed by atoms with Crippen LogP contribution >= 0.6 is 0 Å². The molecule has 0 saturated heterocycles. The molecule has 0 bridgehead atoms. The van der Waals surface area contributed by atoms with Gasteiger partial charge in [0.25, 0.3) is 0 Å². The summed E-state index contributed by atoms with van der Waals surface area (Å²) in [5.41, 5.74) is 0. The first-order valence-corrected chi connectivity index (χ1v) is 0. The molecule has 0 atom stereocenters. The maximum Gasteiger partial charge on any atom is 0 e. The van der Waals surface area contributed by atoms with Crippen LogP contribution in [0.5, 0.6) is 0 Å². The van der Waals surface area contributed by atoms with Gasteiger partial charge in [0.15, 0.2) is 0 Å². The van der Waals surface area contributed by atoms with Crippen molar-refractivity contribution in [2.75, 3.05) is 0 Å². The molecule has 0 fully saturated rings. The Balaban J connectivity index is 0. The Hall–Kier alpha value is 2.66. The summed E-state index contributed by atoms with van der Waals surface area (Å²) in [6.45, 7) is 0. The van der Waals surface area contributed by atoms with Gasteiger partial charge < -0.3 is 0 Å². The fraction of sp³-hybridized carbons (Fsp3) is 0. The minimum absolute atomic E-state index is 0. The minimum Gasteiger partial charge on any atom is 0 e. The molecule has 19 valence electrons. The standard InChI is InChI=1S/Al.Fe.Mg.Si.Zn. The van der Waals surface area contributed by atoms with Crippen molar-refractivity contribution in [3.8, 4) is 0 Å². The first kappa shape index (κ1) is 48.0. The van der Waals surface area contributed by atoms with Gasteiger partial charge in [0, 0.05) is 87.9 Å². The Morgan fingerprint density at radius 1 is 1.00 bits per heavy atom. The van der Waals surface area contributed by atoms with Gasteiger partial charge in [0.1, 0.15) is 0 Å². The van der Waals surface area contributed by atoms with Crippen molar-refractivity contribution in [3.63, 3.8) is 0 Å². The second-order valence-electron chi connectivity index (χ2n) is 0. The first-order valence-electron chi connectivity index (χ1n) is 0. The van der Waals surface area contributed by atoms with E-state index in [0.717, 1.165) is 0 Å². The van der Waals surface area contributed by atoms with E-state index in [4.69, 9.17) is 0 Å². The van der Waals surface area contributed by atoms with Crippen LogP contribution in [0.3, 0.4) is 0 Å². The van der Waals surface area contributed by atoms with Crippen molar-refractivity contribution in [1.82, 2.24) is 0 Å². The Kier molecular flexibility index (Phi) is 290. The smallest absolute Gasteiger partial charge is 0 e. The summed E-state index contributed by atoms with van der Waals surface area (Å²) in [5.74, 6) is 0. The topological polar surface area (TPSA) is 0 Å². The van der Waals surface area contributed by atoms with Gasteiger partial charge in [-0.2, -0.15) is 0 Å². The molecule has 0 amide bonds. The maximum absolute atomic E-state index is 0. The van der Waals surface area contributed by atoms with E-state index in [1.165, 1.54) is 0 Å². The molecule has 0 aliphatic heterocycles. The van der Waals surface area contributed by atoms with Gasteiger partial charge in [-0.3, -0.25) is 0 Å². The predicted molar refractivity (Wildman–Crippen MR) is 17.3 cm³/mol. The van der Waals surface area contributed by atoms with Crippen LogP contribution < -0.4 is 0 Å². The van der Waals surface area contributed by atoms with Crippen molar-refractivity contribution in [2.45, 2.75) is 0 Å². The van der Waals surface area contributed by atoms with Crippen LogP contribution in [0.2, 0.25) is 0 Å². The van der Waals surface area contributed by atoms with Crippen molar-refractivity contribution in [2.24, 2.45) is 0 Å². The number of hydrogen-bond donors (Lipinski definition) is 0. The zero-order valence-electron chi connectivity index (χ0n) is 2.85. The van der Waals surface area contributed by atoms with Gasteiger partial charge >= 0.3 is 0 Å². The largest absolute Gasteiger partial charge is 0 e. The zero-order chi connectivity index (χ0) is 0. The second-order valence-corrected chi connectivity index (χ2v) is 0. The third kappa shape index (κ3) is 20.4. The summed E-state index contributed by atoms with van der Waals surface area (Å²) >= 11 is 0. The molecular formula is AlFeMgSiZn. The molecule has 0 aromatic rings. The van der Waals surface area contributed by atoms with E-state index in [-0.39, 0.29) is 87.9 Å². The maximum atomic E-state index is 0. The summed E-state index contributed by atoms with van der Waals surface area (Å²) in [7, 11) is 0. The fourth-order valence-electron chi connectivity index (χ4n) is 0. The number of hydrogen-bond acceptors (Lipinski definition) is 0. The van der Waals surface area contributed by atoms with Gasteiger partial charge in [0.05, 0.1) is 0 Å². The molecule has 0 aliphatic rings. The normalized spacial score (nSPS) is 0. The van der Waals surface area contributed by atoms with E-state index in [1.54, 1.807) is 0 Å². The van der Waals surface area contributed by atoms with Crippen molar-refractivity contribution in [3.05, 3.63) is 0 Å². The summed E-state index contributed by atoms with van der Waals surface area (Å²) < 4.78 is 0. The van der Waals surface area contributed by atoms with E-state index < -0.39 is 0 Å². The van der Waals surface area contributed by atoms with Crippen LogP contribution in [0.15, 0.2) is 0 Å². The molecule has 5 heavy (non-hydrogen) atoms. The molecule has 0 N–H and O–H groups in total. The molecule has 0 rings (SSSR count). The minimum atomic E-state index is 0. The van der Waals surface area contributed by atoms with Crippen molar-refractivity contribution in [1.29, 1.82) is 0 Å². The summed E-state index contributed by atoms with van der Waals surface area (Å²) in [5, 5.41) is 0. The SMILES string of the molecule is [Al].[Fe].[Mg].[Si].[Zn]. The molecule has 0 unspecified atom stereocenters. The Bertz CT molecular complexity index is 11.6. The van der Waals surface area contributed by atoms with Crippen LogP contribution in [0.25, 0.3) is 0 Å². The van der Waals surface area contributed by atoms with Crippen LogP contribution in [0.1, 0.15) is 0 Å². The second kappa shape index (κ2) is 30.2. The third-order valence-corrected chi connectivity index (χ3v) is 0. The summed E-state index contributed by atoms with van der Waals surface area (Å²) in [6.07, 6.45) is 0. The Labute approximate surface area is 86.8 Å². The Morgan fingerprint density at radius 2 is 1.00 bits per heavy atom. The number of rotatable bonds is 0.